The number of rotatable bonds is 5. The van der Waals surface area contributed by atoms with Gasteiger partial charge in [-0.2, -0.15) is 0 Å². The molecule has 0 aliphatic heterocycles. The minimum atomic E-state index is -0.295. The summed E-state index contributed by atoms with van der Waals surface area (Å²) in [6.45, 7) is 10.7. The standard InChI is InChI=1S/C19H26ClNO/c1-14(2)16-10-11-19(4,12-16)18(22)21(13-15(3)20)17-8-6-5-7-9-17/h5-9,14,16H,3,10-13H2,1-2,4H3. The second-order valence-corrected chi connectivity index (χ2v) is 7.59. The van der Waals surface area contributed by atoms with E-state index in [0.717, 1.165) is 24.9 Å². The number of para-hydroxylation sites is 1. The first kappa shape index (κ1) is 17.1. The largest absolute Gasteiger partial charge is 0.307 e. The summed E-state index contributed by atoms with van der Waals surface area (Å²) in [5.74, 6) is 1.43. The van der Waals surface area contributed by atoms with E-state index in [-0.39, 0.29) is 11.3 Å². The van der Waals surface area contributed by atoms with E-state index >= 15 is 0 Å². The molecule has 0 saturated heterocycles. The third-order valence-corrected chi connectivity index (χ3v) is 5.00. The van der Waals surface area contributed by atoms with Gasteiger partial charge in [-0.25, -0.2) is 0 Å². The van der Waals surface area contributed by atoms with Crippen molar-refractivity contribution in [2.45, 2.75) is 40.0 Å². The third-order valence-electron chi connectivity index (χ3n) is 4.88. The Kier molecular flexibility index (Phi) is 5.33. The van der Waals surface area contributed by atoms with E-state index < -0.39 is 0 Å². The van der Waals surface area contributed by atoms with Crippen molar-refractivity contribution in [3.05, 3.63) is 41.9 Å². The lowest BCUT2D eigenvalue weighted by Gasteiger charge is -2.32. The topological polar surface area (TPSA) is 20.3 Å². The van der Waals surface area contributed by atoms with Gasteiger partial charge in [0, 0.05) is 16.1 Å². The molecule has 1 aromatic rings. The lowest BCUT2D eigenvalue weighted by Crippen LogP contribution is -2.42. The SMILES string of the molecule is C=C(Cl)CN(C(=O)C1(C)CCC(C(C)C)C1)c1ccccc1. The first-order chi connectivity index (χ1) is 10.3. The second-order valence-electron chi connectivity index (χ2n) is 7.05. The number of carbonyl (C=O) groups is 1. The van der Waals surface area contributed by atoms with Gasteiger partial charge in [0.2, 0.25) is 5.91 Å². The number of amides is 1. The van der Waals surface area contributed by atoms with Crippen LogP contribution in [0.15, 0.2) is 41.9 Å². The van der Waals surface area contributed by atoms with E-state index in [1.54, 1.807) is 4.90 Å². The average molecular weight is 320 g/mol. The van der Waals surface area contributed by atoms with Crippen LogP contribution in [0.1, 0.15) is 40.0 Å². The lowest BCUT2D eigenvalue weighted by molar-refractivity contribution is -0.127. The van der Waals surface area contributed by atoms with Gasteiger partial charge in [0.1, 0.15) is 0 Å². The van der Waals surface area contributed by atoms with E-state index in [4.69, 9.17) is 11.6 Å². The Bertz CT molecular complexity index is 540. The molecule has 120 valence electrons. The average Bonchev–Trinajstić information content (AvgIpc) is 2.89. The number of benzene rings is 1. The minimum Gasteiger partial charge on any atom is -0.307 e. The molecule has 1 aliphatic rings. The van der Waals surface area contributed by atoms with Gasteiger partial charge in [-0.05, 0) is 43.2 Å². The number of hydrogen-bond acceptors (Lipinski definition) is 1. The summed E-state index contributed by atoms with van der Waals surface area (Å²) in [6.07, 6.45) is 3.04. The molecule has 22 heavy (non-hydrogen) atoms. The highest BCUT2D eigenvalue weighted by Gasteiger charge is 2.44. The van der Waals surface area contributed by atoms with Crippen LogP contribution >= 0.6 is 11.6 Å². The number of carbonyl (C=O) groups excluding carboxylic acids is 1. The molecule has 2 atom stereocenters. The Labute approximate surface area is 139 Å². The van der Waals surface area contributed by atoms with Gasteiger partial charge in [-0.15, -0.1) is 0 Å². The Balaban J connectivity index is 2.24. The van der Waals surface area contributed by atoms with Gasteiger partial charge >= 0.3 is 0 Å². The predicted octanol–water partition coefficient (Wildman–Crippen LogP) is 5.23. The van der Waals surface area contributed by atoms with E-state index in [2.05, 4.69) is 27.4 Å². The normalized spacial score (nSPS) is 24.5. The maximum absolute atomic E-state index is 13.2. The van der Waals surface area contributed by atoms with Crippen LogP contribution < -0.4 is 4.90 Å². The fourth-order valence-corrected chi connectivity index (χ4v) is 3.56. The molecule has 0 heterocycles. The van der Waals surface area contributed by atoms with Crippen LogP contribution in [0.2, 0.25) is 0 Å². The van der Waals surface area contributed by atoms with Crippen LogP contribution in [0.4, 0.5) is 5.69 Å². The lowest BCUT2D eigenvalue weighted by atomic mass is 9.83. The quantitative estimate of drug-likeness (QED) is 0.727. The molecule has 1 aliphatic carbocycles. The van der Waals surface area contributed by atoms with Crippen molar-refractivity contribution in [2.75, 3.05) is 11.4 Å². The Hall–Kier alpha value is -1.28. The molecule has 1 saturated carbocycles. The van der Waals surface area contributed by atoms with Crippen molar-refractivity contribution in [3.63, 3.8) is 0 Å². The molecular weight excluding hydrogens is 294 g/mol. The summed E-state index contributed by atoms with van der Waals surface area (Å²) >= 11 is 6.01. The van der Waals surface area contributed by atoms with Crippen molar-refractivity contribution in [1.29, 1.82) is 0 Å². The molecule has 3 heteroatoms. The molecule has 0 bridgehead atoms. The van der Waals surface area contributed by atoms with Crippen molar-refractivity contribution in [3.8, 4) is 0 Å². The molecule has 1 fully saturated rings. The summed E-state index contributed by atoms with van der Waals surface area (Å²) < 4.78 is 0. The zero-order chi connectivity index (χ0) is 16.3. The van der Waals surface area contributed by atoms with Gasteiger partial charge in [-0.3, -0.25) is 4.79 Å². The molecule has 2 rings (SSSR count). The zero-order valence-corrected chi connectivity index (χ0v) is 14.6. The second kappa shape index (κ2) is 6.87. The fraction of sp³-hybridized carbons (Fsp3) is 0.526. The molecule has 0 aromatic heterocycles. The molecule has 2 unspecified atom stereocenters. The van der Waals surface area contributed by atoms with E-state index in [1.165, 1.54) is 0 Å². The third kappa shape index (κ3) is 3.73. The van der Waals surface area contributed by atoms with Crippen LogP contribution in [0.5, 0.6) is 0 Å². The van der Waals surface area contributed by atoms with Crippen LogP contribution in [0.3, 0.4) is 0 Å². The monoisotopic (exact) mass is 319 g/mol. The van der Waals surface area contributed by atoms with Crippen LogP contribution in [-0.2, 0) is 4.79 Å². The highest BCUT2D eigenvalue weighted by atomic mass is 35.5. The van der Waals surface area contributed by atoms with Crippen molar-refractivity contribution in [2.24, 2.45) is 17.3 Å². The molecule has 1 aromatic carbocycles. The van der Waals surface area contributed by atoms with Crippen LogP contribution in [0.25, 0.3) is 0 Å². The van der Waals surface area contributed by atoms with E-state index in [9.17, 15) is 4.79 Å². The summed E-state index contributed by atoms with van der Waals surface area (Å²) in [5.41, 5.74) is 0.598. The predicted molar refractivity (Wildman–Crippen MR) is 94.1 cm³/mol. The first-order valence-electron chi connectivity index (χ1n) is 8.04. The summed E-state index contributed by atoms with van der Waals surface area (Å²) in [6, 6.07) is 9.75. The smallest absolute Gasteiger partial charge is 0.233 e. The van der Waals surface area contributed by atoms with Gasteiger partial charge in [0.05, 0.1) is 6.54 Å². The minimum absolute atomic E-state index is 0.170. The van der Waals surface area contributed by atoms with Crippen LogP contribution in [0, 0.1) is 17.3 Å². The van der Waals surface area contributed by atoms with E-state index in [1.807, 2.05) is 30.3 Å². The highest BCUT2D eigenvalue weighted by molar-refractivity contribution is 6.30. The van der Waals surface area contributed by atoms with E-state index in [0.29, 0.717) is 23.4 Å². The Morgan fingerprint density at radius 3 is 2.55 bits per heavy atom. The summed E-state index contributed by atoms with van der Waals surface area (Å²) in [4.78, 5) is 15.0. The van der Waals surface area contributed by atoms with Crippen LogP contribution in [-0.4, -0.2) is 12.5 Å². The van der Waals surface area contributed by atoms with Gasteiger partial charge in [0.15, 0.2) is 0 Å². The number of halogens is 1. The number of nitrogens with zero attached hydrogens (tertiary/aromatic N) is 1. The Morgan fingerprint density at radius 2 is 2.05 bits per heavy atom. The molecule has 0 spiro atoms. The summed E-state index contributed by atoms with van der Waals surface area (Å²) in [7, 11) is 0. The summed E-state index contributed by atoms with van der Waals surface area (Å²) in [5, 5.41) is 0.485. The molecule has 0 N–H and O–H groups in total. The van der Waals surface area contributed by atoms with Crippen molar-refractivity contribution >= 4 is 23.2 Å². The van der Waals surface area contributed by atoms with Crippen molar-refractivity contribution < 1.29 is 4.79 Å². The van der Waals surface area contributed by atoms with Crippen molar-refractivity contribution in [1.82, 2.24) is 0 Å². The van der Waals surface area contributed by atoms with Gasteiger partial charge < -0.3 is 4.90 Å². The first-order valence-corrected chi connectivity index (χ1v) is 8.41. The maximum Gasteiger partial charge on any atom is 0.233 e. The zero-order valence-electron chi connectivity index (χ0n) is 13.8. The molecule has 0 radical (unpaired) electrons. The maximum atomic E-state index is 13.2. The molecule has 1 amide bonds. The number of anilines is 1. The fourth-order valence-electron chi connectivity index (χ4n) is 3.44. The number of hydrogen-bond donors (Lipinski definition) is 0. The highest BCUT2D eigenvalue weighted by Crippen LogP contribution is 2.46. The molecule has 2 nitrogen and oxygen atoms in total. The molecular formula is C19H26ClNO. The van der Waals surface area contributed by atoms with Gasteiger partial charge in [0.25, 0.3) is 0 Å². The van der Waals surface area contributed by atoms with Gasteiger partial charge in [-0.1, -0.05) is 57.2 Å². The Morgan fingerprint density at radius 1 is 1.41 bits per heavy atom.